The zero-order valence-corrected chi connectivity index (χ0v) is 11.9. The Bertz CT molecular complexity index is 656. The van der Waals surface area contributed by atoms with Gasteiger partial charge in [-0.3, -0.25) is 0 Å². The molecule has 104 valence electrons. The van der Waals surface area contributed by atoms with E-state index < -0.39 is 5.97 Å². The molecule has 0 aliphatic carbocycles. The maximum Gasteiger partial charge on any atom is 0.341 e. The minimum Gasteiger partial charge on any atom is -0.477 e. The number of halogens is 1. The van der Waals surface area contributed by atoms with Gasteiger partial charge in [0.1, 0.15) is 11.3 Å². The van der Waals surface area contributed by atoms with Gasteiger partial charge in [-0.15, -0.1) is 0 Å². The van der Waals surface area contributed by atoms with Crippen LogP contribution in [0.1, 0.15) is 28.5 Å². The number of carboxylic acid groups (broad SMARTS) is 1. The summed E-state index contributed by atoms with van der Waals surface area (Å²) in [6, 6.07) is 8.33. The Morgan fingerprint density at radius 2 is 2.10 bits per heavy atom. The third-order valence-electron chi connectivity index (χ3n) is 2.84. The molecule has 0 saturated heterocycles. The molecule has 0 fully saturated rings. The summed E-state index contributed by atoms with van der Waals surface area (Å²) in [5, 5.41) is 9.80. The molecule has 0 aliphatic rings. The number of rotatable bonds is 4. The van der Waals surface area contributed by atoms with E-state index in [0.717, 1.165) is 12.0 Å². The van der Waals surface area contributed by atoms with E-state index in [2.05, 4.69) is 4.98 Å². The van der Waals surface area contributed by atoms with Crippen molar-refractivity contribution in [3.8, 4) is 11.6 Å². The lowest BCUT2D eigenvalue weighted by Gasteiger charge is -2.10. The number of ether oxygens (including phenoxy) is 1. The molecule has 0 saturated carbocycles. The van der Waals surface area contributed by atoms with Crippen molar-refractivity contribution in [1.29, 1.82) is 0 Å². The highest BCUT2D eigenvalue weighted by atomic mass is 35.5. The number of benzene rings is 1. The molecule has 0 spiro atoms. The lowest BCUT2D eigenvalue weighted by molar-refractivity contribution is 0.0693. The van der Waals surface area contributed by atoms with Crippen LogP contribution in [0.3, 0.4) is 0 Å². The lowest BCUT2D eigenvalue weighted by atomic mass is 10.1. The third-order valence-corrected chi connectivity index (χ3v) is 3.21. The van der Waals surface area contributed by atoms with Gasteiger partial charge in [-0.1, -0.05) is 18.5 Å². The highest BCUT2D eigenvalue weighted by Crippen LogP contribution is 2.28. The van der Waals surface area contributed by atoms with Crippen LogP contribution in [-0.4, -0.2) is 16.1 Å². The van der Waals surface area contributed by atoms with Crippen molar-refractivity contribution in [3.63, 3.8) is 0 Å². The van der Waals surface area contributed by atoms with Gasteiger partial charge in [0.15, 0.2) is 0 Å². The van der Waals surface area contributed by atoms with Crippen LogP contribution >= 0.6 is 11.6 Å². The first-order valence-corrected chi connectivity index (χ1v) is 6.56. The number of nitrogens with zero attached hydrogens (tertiary/aromatic N) is 1. The maximum atomic E-state index is 11.2. The van der Waals surface area contributed by atoms with E-state index in [1.807, 2.05) is 6.92 Å². The van der Waals surface area contributed by atoms with Crippen LogP contribution in [0.25, 0.3) is 0 Å². The van der Waals surface area contributed by atoms with Gasteiger partial charge in [0, 0.05) is 10.7 Å². The van der Waals surface area contributed by atoms with Crippen molar-refractivity contribution >= 4 is 17.6 Å². The van der Waals surface area contributed by atoms with Crippen molar-refractivity contribution in [2.24, 2.45) is 0 Å². The second-order valence-electron chi connectivity index (χ2n) is 4.32. The summed E-state index contributed by atoms with van der Waals surface area (Å²) in [6.45, 7) is 3.76. The van der Waals surface area contributed by atoms with Crippen molar-refractivity contribution in [3.05, 3.63) is 52.2 Å². The predicted molar refractivity (Wildman–Crippen MR) is 76.8 cm³/mol. The highest BCUT2D eigenvalue weighted by molar-refractivity contribution is 6.31. The van der Waals surface area contributed by atoms with Gasteiger partial charge < -0.3 is 9.84 Å². The van der Waals surface area contributed by atoms with Gasteiger partial charge in [-0.25, -0.2) is 9.78 Å². The summed E-state index contributed by atoms with van der Waals surface area (Å²) in [4.78, 5) is 15.3. The van der Waals surface area contributed by atoms with Crippen LogP contribution < -0.4 is 4.74 Å². The number of carboxylic acids is 1. The fourth-order valence-electron chi connectivity index (χ4n) is 1.77. The molecule has 1 aromatic heterocycles. The van der Waals surface area contributed by atoms with Crippen LogP contribution in [0.5, 0.6) is 11.6 Å². The van der Waals surface area contributed by atoms with E-state index in [0.29, 0.717) is 16.5 Å². The maximum absolute atomic E-state index is 11.2. The molecule has 2 aromatic rings. The van der Waals surface area contributed by atoms with Gasteiger partial charge in [0.2, 0.25) is 5.88 Å². The number of hydrogen-bond acceptors (Lipinski definition) is 3. The molecule has 0 unspecified atom stereocenters. The van der Waals surface area contributed by atoms with Gasteiger partial charge in [0.25, 0.3) is 0 Å². The van der Waals surface area contributed by atoms with Gasteiger partial charge in [-0.2, -0.15) is 0 Å². The normalized spacial score (nSPS) is 10.3. The van der Waals surface area contributed by atoms with Crippen molar-refractivity contribution < 1.29 is 14.6 Å². The number of aromatic nitrogens is 1. The molecule has 20 heavy (non-hydrogen) atoms. The van der Waals surface area contributed by atoms with E-state index in [1.165, 1.54) is 6.07 Å². The molecule has 4 nitrogen and oxygen atoms in total. The molecule has 0 aliphatic heterocycles. The summed E-state index contributed by atoms with van der Waals surface area (Å²) < 4.78 is 5.60. The number of carbonyl (C=O) groups is 1. The van der Waals surface area contributed by atoms with E-state index in [1.54, 1.807) is 31.2 Å². The summed E-state index contributed by atoms with van der Waals surface area (Å²) in [7, 11) is 0. The first kappa shape index (κ1) is 14.3. The van der Waals surface area contributed by atoms with Gasteiger partial charge in [-0.05, 0) is 49.2 Å². The minimum atomic E-state index is -1.07. The zero-order valence-electron chi connectivity index (χ0n) is 11.2. The first-order chi connectivity index (χ1) is 9.51. The summed E-state index contributed by atoms with van der Waals surface area (Å²) in [6.07, 6.45) is 0.767. The molecule has 1 N–H and O–H groups in total. The van der Waals surface area contributed by atoms with E-state index in [-0.39, 0.29) is 11.4 Å². The van der Waals surface area contributed by atoms with Crippen LogP contribution in [-0.2, 0) is 6.42 Å². The van der Waals surface area contributed by atoms with Gasteiger partial charge >= 0.3 is 5.97 Å². The minimum absolute atomic E-state index is 0.0311. The molecule has 0 amide bonds. The Hall–Kier alpha value is -2.07. The molecule has 1 heterocycles. The molecule has 5 heteroatoms. The second-order valence-corrected chi connectivity index (χ2v) is 4.73. The molecule has 0 bridgehead atoms. The number of hydrogen-bond donors (Lipinski definition) is 1. The van der Waals surface area contributed by atoms with E-state index >= 15 is 0 Å². The van der Waals surface area contributed by atoms with Crippen molar-refractivity contribution in [2.45, 2.75) is 20.3 Å². The molecule has 1 aromatic carbocycles. The van der Waals surface area contributed by atoms with Crippen LogP contribution in [0, 0.1) is 6.92 Å². The number of aryl methyl sites for hydroxylation is 2. The first-order valence-electron chi connectivity index (χ1n) is 6.18. The Kier molecular flexibility index (Phi) is 4.25. The SMILES string of the molecule is CCc1cc(Oc2nc(C)ccc2C(=O)O)ccc1Cl. The average Bonchev–Trinajstić information content (AvgIpc) is 2.40. The van der Waals surface area contributed by atoms with Crippen LogP contribution in [0.4, 0.5) is 0 Å². The monoisotopic (exact) mass is 291 g/mol. The Labute approximate surface area is 122 Å². The Morgan fingerprint density at radius 3 is 2.75 bits per heavy atom. The fourth-order valence-corrected chi connectivity index (χ4v) is 2.02. The topological polar surface area (TPSA) is 59.4 Å². The summed E-state index contributed by atoms with van der Waals surface area (Å²) >= 11 is 6.04. The molecular formula is C15H14ClNO3. The molecule has 2 rings (SSSR count). The average molecular weight is 292 g/mol. The smallest absolute Gasteiger partial charge is 0.341 e. The third kappa shape index (κ3) is 3.08. The standard InChI is InChI=1S/C15H14ClNO3/c1-3-10-8-11(5-7-13(10)16)20-14-12(15(18)19)6-4-9(2)17-14/h4-8H,3H2,1-2H3,(H,18,19). The highest BCUT2D eigenvalue weighted by Gasteiger charge is 2.14. The fraction of sp³-hybridized carbons (Fsp3) is 0.200. The van der Waals surface area contributed by atoms with Crippen LogP contribution in [0.2, 0.25) is 5.02 Å². The van der Waals surface area contributed by atoms with E-state index in [9.17, 15) is 4.79 Å². The predicted octanol–water partition coefficient (Wildman–Crippen LogP) is 4.10. The Morgan fingerprint density at radius 1 is 1.35 bits per heavy atom. The second kappa shape index (κ2) is 5.92. The number of pyridine rings is 1. The van der Waals surface area contributed by atoms with Crippen LogP contribution in [0.15, 0.2) is 30.3 Å². The Balaban J connectivity index is 2.39. The summed E-state index contributed by atoms with van der Waals surface area (Å²) in [5.74, 6) is -0.467. The number of aromatic carboxylic acids is 1. The lowest BCUT2D eigenvalue weighted by Crippen LogP contribution is -2.03. The van der Waals surface area contributed by atoms with Crippen molar-refractivity contribution in [1.82, 2.24) is 4.98 Å². The largest absolute Gasteiger partial charge is 0.477 e. The molecule has 0 radical (unpaired) electrons. The molecule has 0 atom stereocenters. The summed E-state index contributed by atoms with van der Waals surface area (Å²) in [5.41, 5.74) is 1.66. The molecular weight excluding hydrogens is 278 g/mol. The van der Waals surface area contributed by atoms with Gasteiger partial charge in [0.05, 0.1) is 0 Å². The quantitative estimate of drug-likeness (QED) is 0.921. The zero-order chi connectivity index (χ0) is 14.7. The van der Waals surface area contributed by atoms with E-state index in [4.69, 9.17) is 21.4 Å². The van der Waals surface area contributed by atoms with Crippen molar-refractivity contribution in [2.75, 3.05) is 0 Å².